The van der Waals surface area contributed by atoms with Gasteiger partial charge in [0.05, 0.1) is 18.9 Å². The summed E-state index contributed by atoms with van der Waals surface area (Å²) in [7, 11) is -1.48. The molecule has 0 amide bonds. The Labute approximate surface area is 123 Å². The predicted octanol–water partition coefficient (Wildman–Crippen LogP) is 1.18. The summed E-state index contributed by atoms with van der Waals surface area (Å²) in [5.74, 6) is 1.34. The summed E-state index contributed by atoms with van der Waals surface area (Å²) in [5, 5.41) is 3.85. The summed E-state index contributed by atoms with van der Waals surface area (Å²) in [5.41, 5.74) is 6.62. The number of rotatable bonds is 6. The van der Waals surface area contributed by atoms with E-state index in [1.54, 1.807) is 31.4 Å². The lowest BCUT2D eigenvalue weighted by Gasteiger charge is -2.04. The van der Waals surface area contributed by atoms with Crippen LogP contribution >= 0.6 is 0 Å². The summed E-state index contributed by atoms with van der Waals surface area (Å²) in [4.78, 5) is 4.20. The third-order valence-corrected chi connectivity index (χ3v) is 3.88. The van der Waals surface area contributed by atoms with E-state index in [1.807, 2.05) is 0 Å². The first-order chi connectivity index (χ1) is 9.89. The van der Waals surface area contributed by atoms with Gasteiger partial charge in [-0.3, -0.25) is 0 Å². The fourth-order valence-corrected chi connectivity index (χ4v) is 2.39. The lowest BCUT2D eigenvalue weighted by molar-refractivity contribution is 0.352. The van der Waals surface area contributed by atoms with Crippen molar-refractivity contribution in [3.05, 3.63) is 30.2 Å². The Morgan fingerprint density at radius 2 is 2.00 bits per heavy atom. The van der Waals surface area contributed by atoms with Gasteiger partial charge in [0.1, 0.15) is 15.6 Å². The fraction of sp³-hybridized carbons (Fsp3) is 0.385. The second kappa shape index (κ2) is 6.23. The number of methoxy groups -OCH3 is 1. The maximum atomic E-state index is 11.1. The number of nitrogens with two attached hydrogens (primary N) is 1. The van der Waals surface area contributed by atoms with Crippen molar-refractivity contribution in [1.82, 2.24) is 10.1 Å². The van der Waals surface area contributed by atoms with Crippen molar-refractivity contribution < 1.29 is 17.7 Å². The molecule has 0 aliphatic carbocycles. The quantitative estimate of drug-likeness (QED) is 0.853. The number of hydrogen-bond acceptors (Lipinski definition) is 7. The smallest absolute Gasteiger partial charge is 0.243 e. The molecular formula is C13H17N3O4S. The number of benzene rings is 1. The molecule has 0 aliphatic heterocycles. The second-order valence-corrected chi connectivity index (χ2v) is 6.97. The lowest BCUT2D eigenvalue weighted by atomic mass is 10.2. The molecule has 8 heteroatoms. The van der Waals surface area contributed by atoms with Crippen LogP contribution in [-0.4, -0.2) is 37.7 Å². The highest BCUT2D eigenvalue weighted by molar-refractivity contribution is 7.90. The van der Waals surface area contributed by atoms with Crippen LogP contribution in [0.2, 0.25) is 0 Å². The molecule has 0 spiro atoms. The Hall–Kier alpha value is -1.93. The highest BCUT2D eigenvalue weighted by Crippen LogP contribution is 2.21. The molecule has 1 heterocycles. The molecule has 0 unspecified atom stereocenters. The zero-order valence-electron chi connectivity index (χ0n) is 11.8. The number of sulfone groups is 1. The number of aromatic nitrogens is 2. The second-order valence-electron chi connectivity index (χ2n) is 4.71. The minimum absolute atomic E-state index is 0.0194. The maximum absolute atomic E-state index is 11.1. The van der Waals surface area contributed by atoms with Crippen LogP contribution in [0.15, 0.2) is 28.8 Å². The van der Waals surface area contributed by atoms with E-state index in [-0.39, 0.29) is 18.1 Å². The van der Waals surface area contributed by atoms with Gasteiger partial charge in [0.15, 0.2) is 0 Å². The highest BCUT2D eigenvalue weighted by Gasteiger charge is 2.17. The monoisotopic (exact) mass is 311 g/mol. The molecule has 1 atom stereocenters. The van der Waals surface area contributed by atoms with E-state index in [4.69, 9.17) is 15.0 Å². The molecule has 2 aromatic rings. The number of nitrogens with zero attached hydrogens (tertiary/aromatic N) is 2. The van der Waals surface area contributed by atoms with Gasteiger partial charge in [0, 0.05) is 11.8 Å². The first-order valence-electron chi connectivity index (χ1n) is 6.30. The largest absolute Gasteiger partial charge is 0.497 e. The average molecular weight is 311 g/mol. The van der Waals surface area contributed by atoms with Gasteiger partial charge in [-0.25, -0.2) is 8.42 Å². The van der Waals surface area contributed by atoms with E-state index in [9.17, 15) is 8.42 Å². The Bertz CT molecular complexity index is 694. The van der Waals surface area contributed by atoms with Gasteiger partial charge in [-0.05, 0) is 30.7 Å². The molecule has 0 saturated carbocycles. The minimum Gasteiger partial charge on any atom is -0.497 e. The van der Waals surface area contributed by atoms with Crippen molar-refractivity contribution in [3.63, 3.8) is 0 Å². The summed E-state index contributed by atoms with van der Waals surface area (Å²) < 4.78 is 32.4. The van der Waals surface area contributed by atoms with E-state index in [0.717, 1.165) is 17.6 Å². The van der Waals surface area contributed by atoms with Crippen LogP contribution in [0, 0.1) is 0 Å². The van der Waals surface area contributed by atoms with Crippen LogP contribution in [0.5, 0.6) is 5.75 Å². The third-order valence-electron chi connectivity index (χ3n) is 2.91. The van der Waals surface area contributed by atoms with Crippen molar-refractivity contribution in [1.29, 1.82) is 0 Å². The molecule has 1 aromatic heterocycles. The van der Waals surface area contributed by atoms with Crippen LogP contribution in [-0.2, 0) is 9.84 Å². The van der Waals surface area contributed by atoms with E-state index in [0.29, 0.717) is 5.82 Å². The predicted molar refractivity (Wildman–Crippen MR) is 77.5 cm³/mol. The number of ether oxygens (including phenoxy) is 1. The molecule has 0 aliphatic rings. The molecule has 0 saturated heterocycles. The molecule has 2 N–H and O–H groups in total. The summed E-state index contributed by atoms with van der Waals surface area (Å²) >= 11 is 0. The zero-order chi connectivity index (χ0) is 15.5. The molecule has 2 rings (SSSR count). The van der Waals surface area contributed by atoms with Crippen molar-refractivity contribution >= 4 is 9.84 Å². The third kappa shape index (κ3) is 4.27. The Morgan fingerprint density at radius 1 is 1.33 bits per heavy atom. The average Bonchev–Trinajstić information content (AvgIpc) is 2.94. The lowest BCUT2D eigenvalue weighted by Crippen LogP contribution is -2.16. The normalized spacial score (nSPS) is 13.1. The van der Waals surface area contributed by atoms with E-state index in [2.05, 4.69) is 10.1 Å². The van der Waals surface area contributed by atoms with Gasteiger partial charge in [-0.2, -0.15) is 4.98 Å². The number of hydrogen-bond donors (Lipinski definition) is 1. The van der Waals surface area contributed by atoms with Crippen molar-refractivity contribution in [2.45, 2.75) is 12.5 Å². The molecule has 0 fully saturated rings. The van der Waals surface area contributed by atoms with Crippen LogP contribution in [0.25, 0.3) is 11.4 Å². The van der Waals surface area contributed by atoms with Crippen molar-refractivity contribution in [2.75, 3.05) is 19.1 Å². The van der Waals surface area contributed by atoms with Crippen molar-refractivity contribution in [3.8, 4) is 17.1 Å². The Kier molecular flexibility index (Phi) is 4.59. The van der Waals surface area contributed by atoms with Crippen LogP contribution in [0.3, 0.4) is 0 Å². The molecule has 114 valence electrons. The molecule has 21 heavy (non-hydrogen) atoms. The Balaban J connectivity index is 2.09. The fourth-order valence-electron chi connectivity index (χ4n) is 1.71. The summed E-state index contributed by atoms with van der Waals surface area (Å²) in [6.45, 7) is 0. The first-order valence-corrected chi connectivity index (χ1v) is 8.36. The van der Waals surface area contributed by atoms with Crippen LogP contribution in [0.4, 0.5) is 0 Å². The van der Waals surface area contributed by atoms with Crippen LogP contribution < -0.4 is 10.5 Å². The molecule has 0 radical (unpaired) electrons. The maximum Gasteiger partial charge on any atom is 0.243 e. The van der Waals surface area contributed by atoms with Gasteiger partial charge in [0.25, 0.3) is 0 Å². The molecular weight excluding hydrogens is 294 g/mol. The van der Waals surface area contributed by atoms with E-state index >= 15 is 0 Å². The van der Waals surface area contributed by atoms with E-state index < -0.39 is 15.9 Å². The van der Waals surface area contributed by atoms with Gasteiger partial charge >= 0.3 is 0 Å². The summed E-state index contributed by atoms with van der Waals surface area (Å²) in [6, 6.07) is 6.58. The molecule has 0 bridgehead atoms. The van der Waals surface area contributed by atoms with Gasteiger partial charge in [-0.15, -0.1) is 0 Å². The van der Waals surface area contributed by atoms with E-state index in [1.165, 1.54) is 0 Å². The SMILES string of the molecule is COc1ccc(-c2noc([C@@H](N)CCS(C)(=O)=O)n2)cc1. The zero-order valence-corrected chi connectivity index (χ0v) is 12.6. The van der Waals surface area contributed by atoms with Crippen molar-refractivity contribution in [2.24, 2.45) is 5.73 Å². The van der Waals surface area contributed by atoms with Gasteiger partial charge < -0.3 is 15.0 Å². The topological polar surface area (TPSA) is 108 Å². The van der Waals surface area contributed by atoms with Gasteiger partial charge in [0.2, 0.25) is 11.7 Å². The summed E-state index contributed by atoms with van der Waals surface area (Å²) in [6.07, 6.45) is 1.40. The highest BCUT2D eigenvalue weighted by atomic mass is 32.2. The van der Waals surface area contributed by atoms with Crippen LogP contribution in [0.1, 0.15) is 18.4 Å². The minimum atomic E-state index is -3.06. The molecule has 1 aromatic carbocycles. The Morgan fingerprint density at radius 3 is 2.57 bits per heavy atom. The first kappa shape index (κ1) is 15.5. The van der Waals surface area contributed by atoms with Gasteiger partial charge in [-0.1, -0.05) is 5.16 Å². The standard InChI is InChI=1S/C13H17N3O4S/c1-19-10-5-3-9(4-6-10)12-15-13(20-16-12)11(14)7-8-21(2,17)18/h3-6,11H,7-8,14H2,1-2H3/t11-/m0/s1. The molecule has 7 nitrogen and oxygen atoms in total.